The molecule has 0 bridgehead atoms. The number of amides is 1. The number of thiocarbonyl (C=S) groups is 1. The molecule has 0 saturated heterocycles. The molecule has 0 aliphatic carbocycles. The van der Waals surface area contributed by atoms with Gasteiger partial charge in [-0.15, -0.1) is 0 Å². The Morgan fingerprint density at radius 1 is 0.968 bits per heavy atom. The number of para-hydroxylation sites is 1. The van der Waals surface area contributed by atoms with Crippen molar-refractivity contribution in [2.45, 2.75) is 6.92 Å². The molecular weight excluding hydrogens is 432 g/mol. The van der Waals surface area contributed by atoms with Gasteiger partial charge in [0, 0.05) is 22.2 Å². The van der Waals surface area contributed by atoms with Crippen molar-refractivity contribution in [3.63, 3.8) is 0 Å². The largest absolute Gasteiger partial charge is 0.422 e. The highest BCUT2D eigenvalue weighted by Gasteiger charge is 2.13. The molecule has 0 atom stereocenters. The van der Waals surface area contributed by atoms with Crippen LogP contribution in [0.2, 0.25) is 5.02 Å². The molecule has 0 radical (unpaired) electrons. The zero-order chi connectivity index (χ0) is 22.0. The van der Waals surface area contributed by atoms with Crippen LogP contribution in [0.4, 0.5) is 5.69 Å². The minimum Gasteiger partial charge on any atom is -0.422 e. The first-order valence-electron chi connectivity index (χ1n) is 9.43. The summed E-state index contributed by atoms with van der Waals surface area (Å²) in [7, 11) is 0. The van der Waals surface area contributed by atoms with Crippen LogP contribution in [0.3, 0.4) is 0 Å². The van der Waals surface area contributed by atoms with Crippen molar-refractivity contribution in [2.75, 3.05) is 5.32 Å². The topological polar surface area (TPSA) is 71.3 Å². The molecule has 154 valence electrons. The third-order valence-corrected chi connectivity index (χ3v) is 5.29. The molecule has 5 nitrogen and oxygen atoms in total. The Kier molecular flexibility index (Phi) is 5.84. The van der Waals surface area contributed by atoms with Gasteiger partial charge < -0.3 is 9.73 Å². The number of fused-ring (bicyclic) bond motifs is 1. The number of anilines is 1. The lowest BCUT2D eigenvalue weighted by molar-refractivity contribution is 0.0977. The molecule has 0 fully saturated rings. The van der Waals surface area contributed by atoms with Crippen LogP contribution in [0, 0.1) is 6.92 Å². The molecule has 4 rings (SSSR count). The van der Waals surface area contributed by atoms with E-state index in [4.69, 9.17) is 28.2 Å². The predicted molar refractivity (Wildman–Crippen MR) is 128 cm³/mol. The number of benzene rings is 3. The first-order chi connectivity index (χ1) is 14.9. The van der Waals surface area contributed by atoms with Crippen LogP contribution in [-0.2, 0) is 0 Å². The fourth-order valence-electron chi connectivity index (χ4n) is 3.22. The van der Waals surface area contributed by atoms with Crippen molar-refractivity contribution in [1.29, 1.82) is 0 Å². The van der Waals surface area contributed by atoms with Gasteiger partial charge in [0.2, 0.25) is 0 Å². The summed E-state index contributed by atoms with van der Waals surface area (Å²) in [6.07, 6.45) is 0. The second-order valence-electron chi connectivity index (χ2n) is 6.90. The Labute approximate surface area is 188 Å². The van der Waals surface area contributed by atoms with Gasteiger partial charge in [-0.25, -0.2) is 4.79 Å². The number of hydrogen-bond donors (Lipinski definition) is 2. The van der Waals surface area contributed by atoms with E-state index in [1.165, 1.54) is 0 Å². The second-order valence-corrected chi connectivity index (χ2v) is 7.72. The van der Waals surface area contributed by atoms with Crippen molar-refractivity contribution in [1.82, 2.24) is 5.32 Å². The van der Waals surface area contributed by atoms with E-state index >= 15 is 0 Å². The predicted octanol–water partition coefficient (Wildman–Crippen LogP) is 5.55. The maximum absolute atomic E-state index is 12.4. The van der Waals surface area contributed by atoms with E-state index in [9.17, 15) is 9.59 Å². The van der Waals surface area contributed by atoms with Crippen LogP contribution in [0.5, 0.6) is 0 Å². The molecule has 2 N–H and O–H groups in total. The standard InChI is InChI=1S/C24H17ClN2O3S/c1-14-6-2-4-8-17(14)22(28)27-24(31)26-16-10-11-18(20(25)13-16)19-12-15-7-3-5-9-21(15)30-23(19)29/h2-13H,1H3,(H2,26,27,28,31). The molecule has 4 aromatic rings. The number of halogens is 1. The molecular formula is C24H17ClN2O3S. The highest BCUT2D eigenvalue weighted by Crippen LogP contribution is 2.30. The summed E-state index contributed by atoms with van der Waals surface area (Å²) in [6.45, 7) is 1.85. The molecule has 3 aromatic carbocycles. The molecule has 7 heteroatoms. The fourth-order valence-corrected chi connectivity index (χ4v) is 3.71. The highest BCUT2D eigenvalue weighted by atomic mass is 35.5. The van der Waals surface area contributed by atoms with Gasteiger partial charge in [-0.3, -0.25) is 10.1 Å². The Balaban J connectivity index is 1.53. The zero-order valence-electron chi connectivity index (χ0n) is 16.4. The summed E-state index contributed by atoms with van der Waals surface area (Å²) in [6, 6.07) is 21.3. The van der Waals surface area contributed by atoms with Crippen molar-refractivity contribution >= 4 is 51.5 Å². The number of nitrogens with one attached hydrogen (secondary N) is 2. The molecule has 1 aromatic heterocycles. The molecule has 0 saturated carbocycles. The minimum atomic E-state index is -0.470. The molecule has 31 heavy (non-hydrogen) atoms. The van der Waals surface area contributed by atoms with Crippen molar-refractivity contribution < 1.29 is 9.21 Å². The summed E-state index contributed by atoms with van der Waals surface area (Å²) < 4.78 is 5.39. The lowest BCUT2D eigenvalue weighted by Crippen LogP contribution is -2.34. The molecule has 1 heterocycles. The summed E-state index contributed by atoms with van der Waals surface area (Å²) in [5.74, 6) is -0.299. The Bertz CT molecular complexity index is 1380. The van der Waals surface area contributed by atoms with E-state index in [0.29, 0.717) is 33.0 Å². The summed E-state index contributed by atoms with van der Waals surface area (Å²) in [5, 5.41) is 6.88. The Morgan fingerprint density at radius 3 is 2.48 bits per heavy atom. The monoisotopic (exact) mass is 448 g/mol. The van der Waals surface area contributed by atoms with Crippen LogP contribution in [-0.4, -0.2) is 11.0 Å². The molecule has 1 amide bonds. The third-order valence-electron chi connectivity index (χ3n) is 4.78. The fraction of sp³-hybridized carbons (Fsp3) is 0.0417. The maximum atomic E-state index is 12.4. The lowest BCUT2D eigenvalue weighted by Gasteiger charge is -2.12. The quantitative estimate of drug-likeness (QED) is 0.317. The third kappa shape index (κ3) is 4.50. The number of carbonyl (C=O) groups is 1. The van der Waals surface area contributed by atoms with Gasteiger partial charge in [-0.2, -0.15) is 0 Å². The lowest BCUT2D eigenvalue weighted by atomic mass is 10.1. The van der Waals surface area contributed by atoms with Gasteiger partial charge in [0.15, 0.2) is 5.11 Å². The van der Waals surface area contributed by atoms with E-state index in [-0.39, 0.29) is 11.0 Å². The smallest absolute Gasteiger partial charge is 0.344 e. The number of aryl methyl sites for hydroxylation is 1. The Hall–Kier alpha value is -3.48. The molecule has 0 aliphatic heterocycles. The van der Waals surface area contributed by atoms with E-state index < -0.39 is 5.63 Å². The average Bonchev–Trinajstić information content (AvgIpc) is 2.74. The van der Waals surface area contributed by atoms with Gasteiger partial charge in [0.1, 0.15) is 5.58 Å². The summed E-state index contributed by atoms with van der Waals surface area (Å²) in [5.41, 5.74) is 2.93. The first-order valence-corrected chi connectivity index (χ1v) is 10.2. The van der Waals surface area contributed by atoms with E-state index in [0.717, 1.165) is 10.9 Å². The molecule has 0 unspecified atom stereocenters. The van der Waals surface area contributed by atoms with Gasteiger partial charge >= 0.3 is 5.63 Å². The van der Waals surface area contributed by atoms with E-state index in [2.05, 4.69) is 10.6 Å². The number of rotatable bonds is 3. The van der Waals surface area contributed by atoms with Crippen molar-refractivity contribution in [2.24, 2.45) is 0 Å². The van der Waals surface area contributed by atoms with Crippen LogP contribution < -0.4 is 16.3 Å². The first kappa shape index (κ1) is 20.8. The van der Waals surface area contributed by atoms with Crippen LogP contribution in [0.1, 0.15) is 15.9 Å². The van der Waals surface area contributed by atoms with Crippen LogP contribution in [0.15, 0.2) is 82.0 Å². The van der Waals surface area contributed by atoms with E-state index in [1.54, 1.807) is 48.5 Å². The molecule has 0 spiro atoms. The average molecular weight is 449 g/mol. The minimum absolute atomic E-state index is 0.141. The maximum Gasteiger partial charge on any atom is 0.344 e. The van der Waals surface area contributed by atoms with E-state index in [1.807, 2.05) is 31.2 Å². The van der Waals surface area contributed by atoms with Gasteiger partial charge in [0.25, 0.3) is 5.91 Å². The SMILES string of the molecule is Cc1ccccc1C(=O)NC(=S)Nc1ccc(-c2cc3ccccc3oc2=O)c(Cl)c1. The molecule has 0 aliphatic rings. The van der Waals surface area contributed by atoms with Crippen LogP contribution >= 0.6 is 23.8 Å². The van der Waals surface area contributed by atoms with Crippen LogP contribution in [0.25, 0.3) is 22.1 Å². The zero-order valence-corrected chi connectivity index (χ0v) is 18.0. The van der Waals surface area contributed by atoms with Gasteiger partial charge in [0.05, 0.1) is 10.6 Å². The van der Waals surface area contributed by atoms with Crippen molar-refractivity contribution in [3.05, 3.63) is 99.4 Å². The van der Waals surface area contributed by atoms with Crippen molar-refractivity contribution in [3.8, 4) is 11.1 Å². The highest BCUT2D eigenvalue weighted by molar-refractivity contribution is 7.80. The Morgan fingerprint density at radius 2 is 1.71 bits per heavy atom. The summed E-state index contributed by atoms with van der Waals surface area (Å²) >= 11 is 11.7. The number of hydrogen-bond acceptors (Lipinski definition) is 4. The summed E-state index contributed by atoms with van der Waals surface area (Å²) in [4.78, 5) is 24.8. The normalized spacial score (nSPS) is 10.6. The second kappa shape index (κ2) is 8.71. The number of carbonyl (C=O) groups excluding carboxylic acids is 1. The van der Waals surface area contributed by atoms with Gasteiger partial charge in [-0.1, -0.05) is 54.1 Å². The van der Waals surface area contributed by atoms with Gasteiger partial charge in [-0.05, 0) is 55.0 Å².